The molecule has 0 spiro atoms. The highest BCUT2D eigenvalue weighted by Gasteiger charge is 2.30. The third-order valence-electron chi connectivity index (χ3n) is 2.37. The number of nitrogens with one attached hydrogen (secondary N) is 1. The number of nitrogens with two attached hydrogens (primary N) is 1. The molecule has 3 N–H and O–H groups in total. The molecule has 5 nitrogen and oxygen atoms in total. The highest BCUT2D eigenvalue weighted by molar-refractivity contribution is 5.99. The van der Waals surface area contributed by atoms with Crippen molar-refractivity contribution in [3.63, 3.8) is 0 Å². The summed E-state index contributed by atoms with van der Waals surface area (Å²) in [7, 11) is 0. The standard InChI is InChI=1S/C13H16F3N3O2/c1-2-3-4-11(17)19-12(20)18-9-5-7-10(8-6-9)21-13(14,15)16/h5-8H,2-4H2,1H3,(H3,17,18,19,20). The average molecular weight is 303 g/mol. The fraction of sp³-hybridized carbons (Fsp3) is 0.385. The van der Waals surface area contributed by atoms with Gasteiger partial charge in [0.05, 0.1) is 0 Å². The number of nitrogens with zero attached hydrogens (tertiary/aromatic N) is 1. The Bertz CT molecular complexity index is 498. The van der Waals surface area contributed by atoms with E-state index in [-0.39, 0.29) is 11.6 Å². The summed E-state index contributed by atoms with van der Waals surface area (Å²) in [6, 6.07) is 4.06. The van der Waals surface area contributed by atoms with Crippen LogP contribution in [0, 0.1) is 0 Å². The second kappa shape index (κ2) is 7.51. The Labute approximate surface area is 120 Å². The molecule has 0 unspecified atom stereocenters. The molecular weight excluding hydrogens is 287 g/mol. The summed E-state index contributed by atoms with van der Waals surface area (Å²) in [4.78, 5) is 15.1. The van der Waals surface area contributed by atoms with Crippen molar-refractivity contribution in [2.75, 3.05) is 5.32 Å². The van der Waals surface area contributed by atoms with E-state index in [2.05, 4.69) is 15.0 Å². The molecule has 0 fully saturated rings. The number of carbonyl (C=O) groups is 1. The number of benzene rings is 1. The first-order valence-electron chi connectivity index (χ1n) is 6.30. The predicted molar refractivity (Wildman–Crippen MR) is 73.3 cm³/mol. The Kier molecular flexibility index (Phi) is 6.01. The maximum atomic E-state index is 12.0. The number of carbonyl (C=O) groups excluding carboxylic acids is 1. The molecule has 0 bridgehead atoms. The lowest BCUT2D eigenvalue weighted by molar-refractivity contribution is -0.274. The third kappa shape index (κ3) is 7.19. The molecule has 0 atom stereocenters. The number of anilines is 1. The van der Waals surface area contributed by atoms with E-state index in [1.54, 1.807) is 0 Å². The minimum absolute atomic E-state index is 0.214. The normalized spacial score (nSPS) is 12.1. The van der Waals surface area contributed by atoms with Crippen LogP contribution in [0.5, 0.6) is 5.75 Å². The fourth-order valence-corrected chi connectivity index (χ4v) is 1.44. The number of ether oxygens (including phenoxy) is 1. The van der Waals surface area contributed by atoms with Crippen LogP contribution in [-0.4, -0.2) is 18.2 Å². The number of alkyl halides is 3. The number of halogens is 3. The highest BCUT2D eigenvalue weighted by atomic mass is 19.4. The van der Waals surface area contributed by atoms with E-state index < -0.39 is 12.4 Å². The Balaban J connectivity index is 2.57. The Morgan fingerprint density at radius 1 is 1.33 bits per heavy atom. The lowest BCUT2D eigenvalue weighted by Gasteiger charge is -2.09. The van der Waals surface area contributed by atoms with Gasteiger partial charge < -0.3 is 15.8 Å². The topological polar surface area (TPSA) is 76.7 Å². The quantitative estimate of drug-likeness (QED) is 0.643. The van der Waals surface area contributed by atoms with Gasteiger partial charge in [0.2, 0.25) is 0 Å². The van der Waals surface area contributed by atoms with Gasteiger partial charge in [-0.1, -0.05) is 13.3 Å². The number of hydrogen-bond donors (Lipinski definition) is 2. The van der Waals surface area contributed by atoms with Crippen LogP contribution >= 0.6 is 0 Å². The van der Waals surface area contributed by atoms with Crippen molar-refractivity contribution < 1.29 is 22.7 Å². The molecule has 21 heavy (non-hydrogen) atoms. The zero-order valence-corrected chi connectivity index (χ0v) is 11.4. The zero-order chi connectivity index (χ0) is 15.9. The van der Waals surface area contributed by atoms with E-state index in [9.17, 15) is 18.0 Å². The van der Waals surface area contributed by atoms with Crippen LogP contribution in [-0.2, 0) is 0 Å². The average Bonchev–Trinajstić information content (AvgIpc) is 2.37. The van der Waals surface area contributed by atoms with E-state index >= 15 is 0 Å². The van der Waals surface area contributed by atoms with E-state index in [1.165, 1.54) is 12.1 Å². The van der Waals surface area contributed by atoms with Crippen LogP contribution in [0.1, 0.15) is 26.2 Å². The fourth-order valence-electron chi connectivity index (χ4n) is 1.44. The molecule has 0 heterocycles. The van der Waals surface area contributed by atoms with E-state index in [0.717, 1.165) is 25.0 Å². The van der Waals surface area contributed by atoms with Crippen molar-refractivity contribution in [1.29, 1.82) is 0 Å². The number of rotatable bonds is 5. The largest absolute Gasteiger partial charge is 0.573 e. The van der Waals surface area contributed by atoms with Crippen molar-refractivity contribution in [3.8, 4) is 5.75 Å². The molecular formula is C13H16F3N3O2. The van der Waals surface area contributed by atoms with Crippen molar-refractivity contribution >= 4 is 17.6 Å². The van der Waals surface area contributed by atoms with E-state index in [1.807, 2.05) is 6.92 Å². The van der Waals surface area contributed by atoms with Crippen molar-refractivity contribution in [2.45, 2.75) is 32.5 Å². The van der Waals surface area contributed by atoms with Gasteiger partial charge >= 0.3 is 12.4 Å². The first kappa shape index (κ1) is 16.8. The zero-order valence-electron chi connectivity index (χ0n) is 11.4. The van der Waals surface area contributed by atoms with Gasteiger partial charge in [-0.25, -0.2) is 4.79 Å². The second-order valence-corrected chi connectivity index (χ2v) is 4.21. The maximum Gasteiger partial charge on any atom is 0.573 e. The molecule has 0 aliphatic heterocycles. The number of unbranched alkanes of at least 4 members (excludes halogenated alkanes) is 1. The van der Waals surface area contributed by atoms with Crippen molar-refractivity contribution in [3.05, 3.63) is 24.3 Å². The van der Waals surface area contributed by atoms with Crippen LogP contribution in [0.15, 0.2) is 29.3 Å². The smallest absolute Gasteiger partial charge is 0.406 e. The molecule has 0 saturated carbocycles. The summed E-state index contributed by atoms with van der Waals surface area (Å²) in [6.07, 6.45) is -2.48. The first-order chi connectivity index (χ1) is 9.80. The summed E-state index contributed by atoms with van der Waals surface area (Å²) in [5.41, 5.74) is 5.85. The van der Waals surface area contributed by atoms with Crippen LogP contribution in [0.3, 0.4) is 0 Å². The molecule has 8 heteroatoms. The summed E-state index contributed by atoms with van der Waals surface area (Å²) >= 11 is 0. The first-order valence-corrected chi connectivity index (χ1v) is 6.30. The van der Waals surface area contributed by atoms with Crippen LogP contribution in [0.4, 0.5) is 23.7 Å². The van der Waals surface area contributed by atoms with Gasteiger partial charge in [-0.3, -0.25) is 0 Å². The number of amidine groups is 1. The monoisotopic (exact) mass is 303 g/mol. The van der Waals surface area contributed by atoms with Crippen molar-refractivity contribution in [1.82, 2.24) is 0 Å². The van der Waals surface area contributed by atoms with Crippen LogP contribution in [0.2, 0.25) is 0 Å². The Hall–Kier alpha value is -2.25. The minimum atomic E-state index is -4.75. The number of aliphatic imine (C=N–C) groups is 1. The van der Waals surface area contributed by atoms with Gasteiger partial charge in [0.1, 0.15) is 11.6 Å². The molecule has 116 valence electrons. The number of hydrogen-bond acceptors (Lipinski definition) is 2. The van der Waals surface area contributed by atoms with Gasteiger partial charge in [-0.05, 0) is 30.7 Å². The van der Waals surface area contributed by atoms with Gasteiger partial charge in [0, 0.05) is 12.1 Å². The maximum absolute atomic E-state index is 12.0. The summed E-state index contributed by atoms with van der Waals surface area (Å²) < 4.78 is 39.6. The molecule has 1 aromatic carbocycles. The lowest BCUT2D eigenvalue weighted by Crippen LogP contribution is -2.18. The predicted octanol–water partition coefficient (Wildman–Crippen LogP) is 3.66. The van der Waals surface area contributed by atoms with Gasteiger partial charge in [0.15, 0.2) is 0 Å². The Morgan fingerprint density at radius 3 is 2.48 bits per heavy atom. The van der Waals surface area contributed by atoms with Crippen LogP contribution in [0.25, 0.3) is 0 Å². The van der Waals surface area contributed by atoms with Gasteiger partial charge in [-0.2, -0.15) is 4.99 Å². The third-order valence-corrected chi connectivity index (χ3v) is 2.37. The molecule has 0 aliphatic carbocycles. The molecule has 0 saturated heterocycles. The molecule has 0 radical (unpaired) electrons. The lowest BCUT2D eigenvalue weighted by atomic mass is 10.2. The molecule has 2 amide bonds. The van der Waals surface area contributed by atoms with Gasteiger partial charge in [-0.15, -0.1) is 13.2 Å². The molecule has 0 aromatic heterocycles. The molecule has 0 aliphatic rings. The minimum Gasteiger partial charge on any atom is -0.406 e. The SMILES string of the molecule is CCCC/C(N)=N/C(=O)Nc1ccc(OC(F)(F)F)cc1. The van der Waals surface area contributed by atoms with E-state index in [0.29, 0.717) is 12.1 Å². The number of urea groups is 1. The van der Waals surface area contributed by atoms with E-state index in [4.69, 9.17) is 5.73 Å². The highest BCUT2D eigenvalue weighted by Crippen LogP contribution is 2.23. The summed E-state index contributed by atoms with van der Waals surface area (Å²) in [5, 5.41) is 2.40. The van der Waals surface area contributed by atoms with Crippen molar-refractivity contribution in [2.24, 2.45) is 10.7 Å². The van der Waals surface area contributed by atoms with Gasteiger partial charge in [0.25, 0.3) is 0 Å². The summed E-state index contributed by atoms with van der Waals surface area (Å²) in [5.74, 6) is -0.155. The Morgan fingerprint density at radius 2 is 1.95 bits per heavy atom. The second-order valence-electron chi connectivity index (χ2n) is 4.21. The van der Waals surface area contributed by atoms with Crippen LogP contribution < -0.4 is 15.8 Å². The molecule has 1 aromatic rings. The summed E-state index contributed by atoms with van der Waals surface area (Å²) in [6.45, 7) is 1.98. The number of amides is 2. The molecule has 1 rings (SSSR count).